The van der Waals surface area contributed by atoms with Crippen LogP contribution in [0.2, 0.25) is 5.02 Å². The number of hydrogen-bond donors (Lipinski definition) is 3. The maximum absolute atomic E-state index is 6.15. The third kappa shape index (κ3) is 2.74. The van der Waals surface area contributed by atoms with Crippen LogP contribution >= 0.6 is 11.6 Å². The van der Waals surface area contributed by atoms with Crippen LogP contribution in [0.25, 0.3) is 10.9 Å². The van der Waals surface area contributed by atoms with Crippen LogP contribution in [-0.4, -0.2) is 9.97 Å². The number of fused-ring (bicyclic) bond motifs is 1. The van der Waals surface area contributed by atoms with E-state index in [0.717, 1.165) is 22.2 Å². The first kappa shape index (κ1) is 13.6. The molecular weight excluding hydrogens is 286 g/mol. The third-order valence-corrected chi connectivity index (χ3v) is 3.57. The van der Waals surface area contributed by atoms with Gasteiger partial charge in [0.1, 0.15) is 5.82 Å². The van der Waals surface area contributed by atoms with E-state index >= 15 is 0 Å². The second-order valence-electron chi connectivity index (χ2n) is 4.65. The van der Waals surface area contributed by atoms with E-state index in [-0.39, 0.29) is 0 Å². The first-order chi connectivity index (χ1) is 10.2. The molecule has 6 heteroatoms. The molecule has 4 N–H and O–H groups in total. The fraction of sp³-hybridized carbons (Fsp3) is 0.0667. The molecule has 0 bridgehead atoms. The van der Waals surface area contributed by atoms with E-state index in [9.17, 15) is 0 Å². The molecule has 2 aromatic carbocycles. The normalized spacial score (nSPS) is 10.6. The van der Waals surface area contributed by atoms with Crippen molar-refractivity contribution in [2.75, 3.05) is 10.7 Å². The number of benzene rings is 2. The highest BCUT2D eigenvalue weighted by atomic mass is 35.5. The van der Waals surface area contributed by atoms with E-state index in [2.05, 4.69) is 20.7 Å². The summed E-state index contributed by atoms with van der Waals surface area (Å²) in [7, 11) is 0. The molecular formula is C15H14ClN5. The van der Waals surface area contributed by atoms with E-state index in [4.69, 9.17) is 17.4 Å². The second kappa shape index (κ2) is 5.55. The molecule has 0 unspecified atom stereocenters. The average Bonchev–Trinajstić information content (AvgIpc) is 2.51. The standard InChI is InChI=1S/C15H14ClN5/c1-9-6-7-10(8-12(9)16)18-14-11-4-2-3-5-13(11)19-15(20-14)21-17/h2-8H,17H2,1H3,(H2,18,19,20,21). The molecule has 0 aliphatic rings. The highest BCUT2D eigenvalue weighted by molar-refractivity contribution is 6.31. The zero-order valence-corrected chi connectivity index (χ0v) is 12.1. The zero-order valence-electron chi connectivity index (χ0n) is 11.4. The minimum absolute atomic E-state index is 0.356. The lowest BCUT2D eigenvalue weighted by Crippen LogP contribution is -2.11. The van der Waals surface area contributed by atoms with Crippen LogP contribution in [0.5, 0.6) is 0 Å². The fourth-order valence-electron chi connectivity index (χ4n) is 2.04. The number of hydrogen-bond acceptors (Lipinski definition) is 5. The first-order valence-electron chi connectivity index (χ1n) is 6.44. The van der Waals surface area contributed by atoms with Gasteiger partial charge in [-0.1, -0.05) is 29.8 Å². The molecule has 0 aliphatic carbocycles. The summed E-state index contributed by atoms with van der Waals surface area (Å²) >= 11 is 6.15. The molecule has 1 heterocycles. The summed E-state index contributed by atoms with van der Waals surface area (Å²) in [5.74, 6) is 6.45. The molecule has 0 spiro atoms. The van der Waals surface area contributed by atoms with Gasteiger partial charge in [0, 0.05) is 16.1 Å². The van der Waals surface area contributed by atoms with Crippen molar-refractivity contribution in [3.05, 3.63) is 53.1 Å². The number of nitrogen functional groups attached to an aromatic ring is 1. The highest BCUT2D eigenvalue weighted by Gasteiger charge is 2.07. The molecule has 5 nitrogen and oxygen atoms in total. The van der Waals surface area contributed by atoms with Crippen LogP contribution in [0.4, 0.5) is 17.5 Å². The summed E-state index contributed by atoms with van der Waals surface area (Å²) in [5.41, 5.74) is 5.17. The summed E-state index contributed by atoms with van der Waals surface area (Å²) in [6.45, 7) is 1.96. The van der Waals surface area contributed by atoms with E-state index in [1.165, 1.54) is 0 Å². The van der Waals surface area contributed by atoms with Crippen molar-refractivity contribution in [3.63, 3.8) is 0 Å². The van der Waals surface area contributed by atoms with Gasteiger partial charge in [-0.05, 0) is 36.8 Å². The van der Waals surface area contributed by atoms with Crippen molar-refractivity contribution >= 4 is 40.0 Å². The molecule has 0 atom stereocenters. The van der Waals surface area contributed by atoms with Crippen LogP contribution in [0, 0.1) is 6.92 Å². The predicted molar refractivity (Wildman–Crippen MR) is 86.8 cm³/mol. The molecule has 0 saturated heterocycles. The SMILES string of the molecule is Cc1ccc(Nc2nc(NN)nc3ccccc23)cc1Cl. The van der Waals surface area contributed by atoms with Crippen molar-refractivity contribution in [1.29, 1.82) is 0 Å². The zero-order chi connectivity index (χ0) is 14.8. The molecule has 106 valence electrons. The van der Waals surface area contributed by atoms with Gasteiger partial charge in [0.2, 0.25) is 5.95 Å². The van der Waals surface area contributed by atoms with Crippen LogP contribution in [0.3, 0.4) is 0 Å². The van der Waals surface area contributed by atoms with Gasteiger partial charge in [0.25, 0.3) is 0 Å². The number of nitrogens with zero attached hydrogens (tertiary/aromatic N) is 2. The molecule has 1 aromatic heterocycles. The highest BCUT2D eigenvalue weighted by Crippen LogP contribution is 2.27. The molecule has 3 rings (SSSR count). The van der Waals surface area contributed by atoms with Gasteiger partial charge in [0.05, 0.1) is 5.52 Å². The van der Waals surface area contributed by atoms with Crippen LogP contribution in [-0.2, 0) is 0 Å². The number of para-hydroxylation sites is 1. The number of nitrogens with one attached hydrogen (secondary N) is 2. The van der Waals surface area contributed by atoms with Gasteiger partial charge in [0.15, 0.2) is 0 Å². The van der Waals surface area contributed by atoms with Crippen molar-refractivity contribution in [1.82, 2.24) is 9.97 Å². The average molecular weight is 300 g/mol. The van der Waals surface area contributed by atoms with Gasteiger partial charge in [-0.3, -0.25) is 5.43 Å². The van der Waals surface area contributed by atoms with Gasteiger partial charge < -0.3 is 5.32 Å². The summed E-state index contributed by atoms with van der Waals surface area (Å²) in [4.78, 5) is 8.68. The molecule has 21 heavy (non-hydrogen) atoms. The van der Waals surface area contributed by atoms with Gasteiger partial charge in [-0.25, -0.2) is 10.8 Å². The van der Waals surface area contributed by atoms with Crippen molar-refractivity contribution in [2.45, 2.75) is 6.92 Å². The summed E-state index contributed by atoms with van der Waals surface area (Å²) in [6.07, 6.45) is 0. The minimum atomic E-state index is 0.356. The predicted octanol–water partition coefficient (Wildman–Crippen LogP) is 3.62. The van der Waals surface area contributed by atoms with Crippen molar-refractivity contribution in [2.24, 2.45) is 5.84 Å². The van der Waals surface area contributed by atoms with Gasteiger partial charge in [-0.2, -0.15) is 4.98 Å². The Labute approximate surface area is 127 Å². The van der Waals surface area contributed by atoms with Crippen LogP contribution in [0.1, 0.15) is 5.56 Å². The number of nitrogens with two attached hydrogens (primary N) is 1. The molecule has 0 amide bonds. The van der Waals surface area contributed by atoms with E-state index in [1.54, 1.807) is 0 Å². The first-order valence-corrected chi connectivity index (χ1v) is 6.82. The monoisotopic (exact) mass is 299 g/mol. The lowest BCUT2D eigenvalue weighted by molar-refractivity contribution is 1.15. The number of aryl methyl sites for hydroxylation is 1. The molecule has 0 fully saturated rings. The van der Waals surface area contributed by atoms with Crippen LogP contribution in [0.15, 0.2) is 42.5 Å². The summed E-state index contributed by atoms with van der Waals surface area (Å²) < 4.78 is 0. The Bertz CT molecular complexity index is 803. The number of aromatic nitrogens is 2. The Morgan fingerprint density at radius 2 is 1.90 bits per heavy atom. The van der Waals surface area contributed by atoms with Crippen molar-refractivity contribution in [3.8, 4) is 0 Å². The molecule has 0 radical (unpaired) electrons. The van der Waals surface area contributed by atoms with Crippen molar-refractivity contribution < 1.29 is 0 Å². The Hall–Kier alpha value is -2.37. The van der Waals surface area contributed by atoms with Crippen LogP contribution < -0.4 is 16.6 Å². The maximum atomic E-state index is 6.15. The van der Waals surface area contributed by atoms with E-state index in [0.29, 0.717) is 16.8 Å². The number of anilines is 3. The molecule has 3 aromatic rings. The Balaban J connectivity index is 2.08. The largest absolute Gasteiger partial charge is 0.340 e. The Kier molecular flexibility index (Phi) is 3.60. The lowest BCUT2D eigenvalue weighted by Gasteiger charge is -2.11. The number of halogens is 1. The van der Waals surface area contributed by atoms with Gasteiger partial charge >= 0.3 is 0 Å². The number of rotatable bonds is 3. The van der Waals surface area contributed by atoms with E-state index in [1.807, 2.05) is 49.4 Å². The Morgan fingerprint density at radius 1 is 1.10 bits per heavy atom. The van der Waals surface area contributed by atoms with Gasteiger partial charge in [-0.15, -0.1) is 0 Å². The van der Waals surface area contributed by atoms with E-state index < -0.39 is 0 Å². The molecule has 0 saturated carbocycles. The smallest absolute Gasteiger partial charge is 0.239 e. The minimum Gasteiger partial charge on any atom is -0.340 e. The summed E-state index contributed by atoms with van der Waals surface area (Å²) in [6, 6.07) is 13.5. The lowest BCUT2D eigenvalue weighted by atomic mass is 10.2. The second-order valence-corrected chi connectivity index (χ2v) is 5.05. The topological polar surface area (TPSA) is 75.9 Å². The quantitative estimate of drug-likeness (QED) is 0.509. The number of hydrazine groups is 1. The third-order valence-electron chi connectivity index (χ3n) is 3.17. The Morgan fingerprint density at radius 3 is 2.67 bits per heavy atom. The fourth-order valence-corrected chi connectivity index (χ4v) is 2.22. The summed E-state index contributed by atoms with van der Waals surface area (Å²) in [5, 5.41) is 4.87. The molecule has 0 aliphatic heterocycles. The maximum Gasteiger partial charge on any atom is 0.239 e.